The number of amides is 2. The van der Waals surface area contributed by atoms with Gasteiger partial charge in [-0.1, -0.05) is 31.7 Å². The Kier molecular flexibility index (Phi) is 6.47. The van der Waals surface area contributed by atoms with Crippen LogP contribution in [0.15, 0.2) is 67.4 Å². The van der Waals surface area contributed by atoms with Crippen molar-refractivity contribution in [1.29, 1.82) is 0 Å². The van der Waals surface area contributed by atoms with E-state index >= 15 is 0 Å². The lowest BCUT2D eigenvalue weighted by Gasteiger charge is -2.21. The van der Waals surface area contributed by atoms with Crippen molar-refractivity contribution in [1.82, 2.24) is 24.5 Å². The molecule has 3 heterocycles. The van der Waals surface area contributed by atoms with E-state index in [4.69, 9.17) is 0 Å². The molecule has 0 radical (unpaired) electrons. The van der Waals surface area contributed by atoms with Gasteiger partial charge in [0.25, 0.3) is 5.91 Å². The number of hydrogen-bond acceptors (Lipinski definition) is 5. The van der Waals surface area contributed by atoms with Crippen molar-refractivity contribution in [2.75, 3.05) is 10.6 Å². The monoisotopic (exact) mass is 471 g/mol. The number of pyridine rings is 1. The minimum atomic E-state index is -0.619. The minimum absolute atomic E-state index is 0.221. The Morgan fingerprint density at radius 3 is 2.74 bits per heavy atom. The van der Waals surface area contributed by atoms with E-state index in [0.29, 0.717) is 23.6 Å². The van der Waals surface area contributed by atoms with Gasteiger partial charge in [-0.25, -0.2) is 4.98 Å². The molecule has 180 valence electrons. The molecule has 0 saturated heterocycles. The molecule has 1 aromatic carbocycles. The first-order valence-electron chi connectivity index (χ1n) is 11.9. The van der Waals surface area contributed by atoms with Crippen molar-refractivity contribution >= 4 is 34.5 Å². The molecule has 3 N–H and O–H groups in total. The molecule has 9 heteroatoms. The lowest BCUT2D eigenvalue weighted by molar-refractivity contribution is -0.118. The summed E-state index contributed by atoms with van der Waals surface area (Å²) in [5.41, 5.74) is 3.63. The summed E-state index contributed by atoms with van der Waals surface area (Å²) in [6, 6.07) is 10.5. The maximum atomic E-state index is 13.2. The van der Waals surface area contributed by atoms with Crippen LogP contribution in [0.1, 0.15) is 42.5 Å². The van der Waals surface area contributed by atoms with Gasteiger partial charge in [0.1, 0.15) is 11.7 Å². The zero-order valence-corrected chi connectivity index (χ0v) is 19.6. The summed E-state index contributed by atoms with van der Waals surface area (Å²) in [4.78, 5) is 30.5. The highest BCUT2D eigenvalue weighted by atomic mass is 16.2. The van der Waals surface area contributed by atoms with Gasteiger partial charge in [-0.2, -0.15) is 5.10 Å². The van der Waals surface area contributed by atoms with Gasteiger partial charge in [0.15, 0.2) is 0 Å². The zero-order valence-electron chi connectivity index (χ0n) is 19.6. The smallest absolute Gasteiger partial charge is 0.252 e. The fourth-order valence-corrected chi connectivity index (χ4v) is 4.67. The molecule has 1 atom stereocenters. The van der Waals surface area contributed by atoms with E-state index in [1.54, 1.807) is 42.5 Å². The second-order valence-corrected chi connectivity index (χ2v) is 9.12. The van der Waals surface area contributed by atoms with Crippen molar-refractivity contribution in [2.24, 2.45) is 13.0 Å². The molecule has 1 fully saturated rings. The third-order valence-corrected chi connectivity index (χ3v) is 6.44. The summed E-state index contributed by atoms with van der Waals surface area (Å²) in [6.45, 7) is 0. The maximum Gasteiger partial charge on any atom is 0.252 e. The van der Waals surface area contributed by atoms with Crippen LogP contribution in [0.4, 0.5) is 17.1 Å². The quantitative estimate of drug-likeness (QED) is 0.358. The van der Waals surface area contributed by atoms with Crippen molar-refractivity contribution in [2.45, 2.75) is 38.1 Å². The predicted octanol–water partition coefficient (Wildman–Crippen LogP) is 4.13. The molecular weight excluding hydrogens is 442 g/mol. The molecule has 0 spiro atoms. The fourth-order valence-electron chi connectivity index (χ4n) is 4.67. The van der Waals surface area contributed by atoms with Crippen molar-refractivity contribution < 1.29 is 9.59 Å². The molecule has 1 aliphatic carbocycles. The number of carbonyl (C=O) groups excluding carboxylic acids is 2. The first-order chi connectivity index (χ1) is 17.0. The molecule has 1 aliphatic rings. The van der Waals surface area contributed by atoms with Crippen LogP contribution >= 0.6 is 0 Å². The number of benzene rings is 1. The highest BCUT2D eigenvalue weighted by Gasteiger charge is 2.27. The fraction of sp³-hybridized carbons (Fsp3) is 0.308. The Balaban J connectivity index is 1.29. The highest BCUT2D eigenvalue weighted by molar-refractivity contribution is 6.01. The molecule has 2 amide bonds. The molecule has 0 aliphatic heterocycles. The number of rotatable bonds is 8. The number of aryl methyl sites for hydroxylation is 1. The summed E-state index contributed by atoms with van der Waals surface area (Å²) >= 11 is 0. The van der Waals surface area contributed by atoms with Crippen LogP contribution in [-0.2, 0) is 11.8 Å². The van der Waals surface area contributed by atoms with E-state index in [-0.39, 0.29) is 11.8 Å². The van der Waals surface area contributed by atoms with E-state index in [0.717, 1.165) is 29.9 Å². The average Bonchev–Trinajstić information content (AvgIpc) is 3.61. The molecule has 0 unspecified atom stereocenters. The number of fused-ring (bicyclic) bond motifs is 1. The highest BCUT2D eigenvalue weighted by Crippen LogP contribution is 2.29. The lowest BCUT2D eigenvalue weighted by atomic mass is 9.97. The molecule has 3 aromatic heterocycles. The SMILES string of the molecule is Cn1cc(NC(=O)[C@H](CC2CCCC2)NC(=O)c2cccc(Nc3ccc4nccn4c3)c2)cn1. The van der Waals surface area contributed by atoms with Gasteiger partial charge < -0.3 is 20.4 Å². The number of carbonyl (C=O) groups is 2. The van der Waals surface area contributed by atoms with Gasteiger partial charge in [-0.15, -0.1) is 0 Å². The summed E-state index contributed by atoms with van der Waals surface area (Å²) < 4.78 is 3.55. The number of nitrogens with zero attached hydrogens (tertiary/aromatic N) is 4. The number of hydrogen-bond donors (Lipinski definition) is 3. The van der Waals surface area contributed by atoms with Gasteiger partial charge in [0.2, 0.25) is 5.91 Å². The number of aromatic nitrogens is 4. The third-order valence-electron chi connectivity index (χ3n) is 6.44. The molecule has 4 aromatic rings. The standard InChI is InChI=1S/C26H29N7O2/c1-32-16-22(15-28-32)30-26(35)23(13-18-5-2-3-6-18)31-25(34)19-7-4-8-20(14-19)29-21-9-10-24-27-11-12-33(24)17-21/h4,7-12,14-18,23,29H,2-3,5-6,13H2,1H3,(H,30,35)(H,31,34)/t23-/m0/s1. The number of anilines is 3. The minimum Gasteiger partial charge on any atom is -0.354 e. The molecule has 1 saturated carbocycles. The summed E-state index contributed by atoms with van der Waals surface area (Å²) in [5.74, 6) is -0.0600. The maximum absolute atomic E-state index is 13.2. The summed E-state index contributed by atoms with van der Waals surface area (Å²) in [5, 5.41) is 13.3. The zero-order chi connectivity index (χ0) is 24.2. The van der Waals surface area contributed by atoms with E-state index in [9.17, 15) is 9.59 Å². The molecule has 35 heavy (non-hydrogen) atoms. The second kappa shape index (κ2) is 10.0. The Labute approximate surface area is 203 Å². The van der Waals surface area contributed by atoms with E-state index < -0.39 is 6.04 Å². The molecule has 9 nitrogen and oxygen atoms in total. The Morgan fingerprint density at radius 1 is 1.09 bits per heavy atom. The van der Waals surface area contributed by atoms with Gasteiger partial charge in [0.05, 0.1) is 17.6 Å². The molecule has 5 rings (SSSR count). The van der Waals surface area contributed by atoms with E-state index in [1.807, 2.05) is 41.1 Å². The van der Waals surface area contributed by atoms with Crippen LogP contribution in [0.5, 0.6) is 0 Å². The summed E-state index contributed by atoms with van der Waals surface area (Å²) in [6.07, 6.45) is 14.1. The Bertz CT molecular complexity index is 1340. The van der Waals surface area contributed by atoms with Gasteiger partial charge in [0, 0.05) is 43.1 Å². The van der Waals surface area contributed by atoms with Crippen LogP contribution in [-0.4, -0.2) is 37.0 Å². The third kappa shape index (κ3) is 5.51. The average molecular weight is 472 g/mol. The van der Waals surface area contributed by atoms with Crippen LogP contribution in [0, 0.1) is 5.92 Å². The van der Waals surface area contributed by atoms with Crippen LogP contribution in [0.25, 0.3) is 5.65 Å². The Hall–Kier alpha value is -4.14. The number of imidazole rings is 1. The van der Waals surface area contributed by atoms with Gasteiger partial charge in [-0.3, -0.25) is 14.3 Å². The van der Waals surface area contributed by atoms with Gasteiger partial charge in [-0.05, 0) is 42.7 Å². The van der Waals surface area contributed by atoms with E-state index in [1.165, 1.54) is 12.8 Å². The Morgan fingerprint density at radius 2 is 1.94 bits per heavy atom. The van der Waals surface area contributed by atoms with Crippen LogP contribution in [0.2, 0.25) is 0 Å². The largest absolute Gasteiger partial charge is 0.354 e. The van der Waals surface area contributed by atoms with Gasteiger partial charge >= 0.3 is 0 Å². The van der Waals surface area contributed by atoms with E-state index in [2.05, 4.69) is 26.0 Å². The van der Waals surface area contributed by atoms with Crippen molar-refractivity contribution in [3.8, 4) is 0 Å². The first-order valence-corrected chi connectivity index (χ1v) is 11.9. The molecular formula is C26H29N7O2. The second-order valence-electron chi connectivity index (χ2n) is 9.12. The molecule has 0 bridgehead atoms. The normalized spacial score (nSPS) is 14.7. The summed E-state index contributed by atoms with van der Waals surface area (Å²) in [7, 11) is 1.79. The number of nitrogens with one attached hydrogen (secondary N) is 3. The lowest BCUT2D eigenvalue weighted by Crippen LogP contribution is -2.44. The predicted molar refractivity (Wildman–Crippen MR) is 135 cm³/mol. The van der Waals surface area contributed by atoms with Crippen molar-refractivity contribution in [3.05, 3.63) is 72.9 Å². The first kappa shape index (κ1) is 22.6. The van der Waals surface area contributed by atoms with Crippen molar-refractivity contribution in [3.63, 3.8) is 0 Å². The van der Waals surface area contributed by atoms with Crippen LogP contribution in [0.3, 0.4) is 0 Å². The van der Waals surface area contributed by atoms with Crippen LogP contribution < -0.4 is 16.0 Å². The topological polar surface area (TPSA) is 105 Å².